The van der Waals surface area contributed by atoms with Crippen LogP contribution in [0.2, 0.25) is 0 Å². The number of rotatable bonds is 6. The van der Waals surface area contributed by atoms with E-state index in [0.29, 0.717) is 11.4 Å². The first-order valence-electron chi connectivity index (χ1n) is 7.94. The van der Waals surface area contributed by atoms with Gasteiger partial charge in [-0.1, -0.05) is 6.07 Å². The monoisotopic (exact) mass is 395 g/mol. The third-order valence-corrected chi connectivity index (χ3v) is 7.31. The fraction of sp³-hybridized carbons (Fsp3) is 0.353. The molecule has 0 saturated heterocycles. The van der Waals surface area contributed by atoms with E-state index in [0.717, 1.165) is 10.4 Å². The quantitative estimate of drug-likeness (QED) is 0.678. The molecule has 134 valence electrons. The molecule has 0 spiro atoms. The van der Waals surface area contributed by atoms with Crippen molar-refractivity contribution in [3.05, 3.63) is 56.2 Å². The predicted octanol–water partition coefficient (Wildman–Crippen LogP) is 4.27. The van der Waals surface area contributed by atoms with Crippen LogP contribution in [-0.4, -0.2) is 18.2 Å². The van der Waals surface area contributed by atoms with Crippen LogP contribution in [0.15, 0.2) is 39.2 Å². The first-order valence-corrected chi connectivity index (χ1v) is 11.3. The van der Waals surface area contributed by atoms with Gasteiger partial charge in [0, 0.05) is 10.9 Å². The second-order valence-electron chi connectivity index (χ2n) is 6.16. The Morgan fingerprint density at radius 1 is 1.20 bits per heavy atom. The Labute approximate surface area is 156 Å². The first kappa shape index (κ1) is 18.3. The third-order valence-electron chi connectivity index (χ3n) is 3.99. The summed E-state index contributed by atoms with van der Waals surface area (Å²) in [5.74, 6) is 0. The lowest BCUT2D eigenvalue weighted by molar-refractivity contribution is 0.514. The van der Waals surface area contributed by atoms with Crippen molar-refractivity contribution < 1.29 is 8.42 Å². The van der Waals surface area contributed by atoms with E-state index in [4.69, 9.17) is 0 Å². The minimum absolute atomic E-state index is 0.104. The minimum Gasteiger partial charge on any atom is -0.266 e. The van der Waals surface area contributed by atoms with E-state index in [9.17, 15) is 8.42 Å². The van der Waals surface area contributed by atoms with Gasteiger partial charge in [-0.2, -0.15) is 21.2 Å². The molecule has 3 aromatic rings. The molecule has 0 aliphatic rings. The largest absolute Gasteiger partial charge is 0.266 e. The summed E-state index contributed by atoms with van der Waals surface area (Å²) < 4.78 is 31.0. The number of hydrogen-bond acceptors (Lipinski definition) is 5. The Balaban J connectivity index is 2.03. The third kappa shape index (κ3) is 3.57. The highest BCUT2D eigenvalue weighted by Crippen LogP contribution is 2.31. The minimum atomic E-state index is -3.71. The van der Waals surface area contributed by atoms with Crippen molar-refractivity contribution in [2.45, 2.75) is 44.7 Å². The summed E-state index contributed by atoms with van der Waals surface area (Å²) in [7, 11) is -3.71. The van der Waals surface area contributed by atoms with Crippen LogP contribution in [0.1, 0.15) is 47.8 Å². The van der Waals surface area contributed by atoms with Gasteiger partial charge in [0.2, 0.25) is 10.0 Å². The lowest BCUT2D eigenvalue weighted by Crippen LogP contribution is -2.29. The van der Waals surface area contributed by atoms with Crippen molar-refractivity contribution >= 4 is 32.7 Å². The highest BCUT2D eigenvalue weighted by molar-refractivity contribution is 7.89. The number of nitrogens with one attached hydrogen (secondary N) is 1. The SMILES string of the molecule is Cc1nn(C(C)C)c(C)c1S(=O)(=O)N[C@@H](c1ccsc1)c1cccs1. The molecule has 0 aliphatic carbocycles. The molecular formula is C17H21N3O2S3. The maximum absolute atomic E-state index is 13.2. The van der Waals surface area contributed by atoms with E-state index in [1.54, 1.807) is 41.2 Å². The molecule has 8 heteroatoms. The Bertz CT molecular complexity index is 906. The molecule has 0 bridgehead atoms. The molecule has 0 aliphatic heterocycles. The van der Waals surface area contributed by atoms with Crippen LogP contribution in [0.5, 0.6) is 0 Å². The molecule has 3 rings (SSSR count). The van der Waals surface area contributed by atoms with E-state index in [2.05, 4.69) is 9.82 Å². The summed E-state index contributed by atoms with van der Waals surface area (Å²) in [4.78, 5) is 1.24. The van der Waals surface area contributed by atoms with Gasteiger partial charge in [0.25, 0.3) is 0 Å². The lowest BCUT2D eigenvalue weighted by atomic mass is 10.1. The normalized spacial score (nSPS) is 13.5. The van der Waals surface area contributed by atoms with Gasteiger partial charge in [-0.05, 0) is 61.5 Å². The van der Waals surface area contributed by atoms with Crippen molar-refractivity contribution in [1.82, 2.24) is 14.5 Å². The molecule has 0 radical (unpaired) electrons. The van der Waals surface area contributed by atoms with Crippen LogP contribution < -0.4 is 4.72 Å². The summed E-state index contributed by atoms with van der Waals surface area (Å²) in [6.07, 6.45) is 0. The number of aromatic nitrogens is 2. The molecule has 0 aromatic carbocycles. The second kappa shape index (κ2) is 7.03. The van der Waals surface area contributed by atoms with Crippen molar-refractivity contribution in [2.24, 2.45) is 0 Å². The van der Waals surface area contributed by atoms with Crippen LogP contribution in [0.25, 0.3) is 0 Å². The number of aryl methyl sites for hydroxylation is 1. The van der Waals surface area contributed by atoms with Gasteiger partial charge in [0.05, 0.1) is 17.4 Å². The van der Waals surface area contributed by atoms with Gasteiger partial charge in [-0.25, -0.2) is 8.42 Å². The van der Waals surface area contributed by atoms with Gasteiger partial charge in [-0.3, -0.25) is 4.68 Å². The second-order valence-corrected chi connectivity index (χ2v) is 9.57. The maximum Gasteiger partial charge on any atom is 0.245 e. The molecule has 0 fully saturated rings. The van der Waals surface area contributed by atoms with Crippen molar-refractivity contribution in [1.29, 1.82) is 0 Å². The van der Waals surface area contributed by atoms with E-state index in [1.807, 2.05) is 48.2 Å². The van der Waals surface area contributed by atoms with Crippen molar-refractivity contribution in [3.63, 3.8) is 0 Å². The molecule has 3 heterocycles. The summed E-state index contributed by atoms with van der Waals surface area (Å²) >= 11 is 3.10. The highest BCUT2D eigenvalue weighted by Gasteiger charge is 2.29. The predicted molar refractivity (Wildman–Crippen MR) is 103 cm³/mol. The fourth-order valence-corrected chi connectivity index (χ4v) is 6.11. The molecule has 0 amide bonds. The number of sulfonamides is 1. The molecule has 3 aromatic heterocycles. The topological polar surface area (TPSA) is 64.0 Å². The zero-order valence-corrected chi connectivity index (χ0v) is 17.0. The Morgan fingerprint density at radius 3 is 2.48 bits per heavy atom. The van der Waals surface area contributed by atoms with Crippen molar-refractivity contribution in [2.75, 3.05) is 0 Å². The van der Waals surface area contributed by atoms with E-state index >= 15 is 0 Å². The van der Waals surface area contributed by atoms with E-state index in [-0.39, 0.29) is 10.9 Å². The maximum atomic E-state index is 13.2. The van der Waals surface area contributed by atoms with E-state index in [1.165, 1.54) is 0 Å². The standard InChI is InChI=1S/C17H21N3O2S3/c1-11(2)20-13(4)17(12(3)18-20)25(21,22)19-16(14-7-9-23-10-14)15-6-5-8-24-15/h5-11,16,19H,1-4H3/t16-/m0/s1. The van der Waals surface area contributed by atoms with Gasteiger partial charge in [0.15, 0.2) is 0 Å². The van der Waals surface area contributed by atoms with Crippen LogP contribution in [0.3, 0.4) is 0 Å². The Kier molecular flexibility index (Phi) is 5.15. The Morgan fingerprint density at radius 2 is 1.96 bits per heavy atom. The average molecular weight is 396 g/mol. The Hall–Kier alpha value is -1.48. The number of nitrogens with zero attached hydrogens (tertiary/aromatic N) is 2. The zero-order valence-electron chi connectivity index (χ0n) is 14.6. The summed E-state index contributed by atoms with van der Waals surface area (Å²) in [5, 5.41) is 10.3. The molecule has 0 unspecified atom stereocenters. The van der Waals surface area contributed by atoms with E-state index < -0.39 is 16.1 Å². The molecule has 25 heavy (non-hydrogen) atoms. The smallest absolute Gasteiger partial charge is 0.245 e. The molecule has 1 N–H and O–H groups in total. The average Bonchev–Trinajstić information content (AvgIpc) is 3.26. The summed E-state index contributed by atoms with van der Waals surface area (Å²) in [5.41, 5.74) is 2.13. The summed E-state index contributed by atoms with van der Waals surface area (Å²) in [6, 6.07) is 5.55. The van der Waals surface area contributed by atoms with Gasteiger partial charge in [-0.15, -0.1) is 11.3 Å². The molecular weight excluding hydrogens is 374 g/mol. The fourth-order valence-electron chi connectivity index (χ4n) is 2.94. The molecule has 1 atom stereocenters. The number of hydrogen-bond donors (Lipinski definition) is 1. The van der Waals surface area contributed by atoms with Gasteiger partial charge < -0.3 is 0 Å². The lowest BCUT2D eigenvalue weighted by Gasteiger charge is -2.17. The summed E-state index contributed by atoms with van der Waals surface area (Å²) in [6.45, 7) is 7.52. The van der Waals surface area contributed by atoms with Crippen LogP contribution >= 0.6 is 22.7 Å². The van der Waals surface area contributed by atoms with Crippen LogP contribution in [-0.2, 0) is 10.0 Å². The zero-order chi connectivity index (χ0) is 18.2. The van der Waals surface area contributed by atoms with Crippen molar-refractivity contribution in [3.8, 4) is 0 Å². The van der Waals surface area contributed by atoms with Crippen LogP contribution in [0.4, 0.5) is 0 Å². The molecule has 5 nitrogen and oxygen atoms in total. The highest BCUT2D eigenvalue weighted by atomic mass is 32.2. The van der Waals surface area contributed by atoms with Crippen LogP contribution in [0, 0.1) is 13.8 Å². The van der Waals surface area contributed by atoms with Gasteiger partial charge in [0.1, 0.15) is 4.90 Å². The number of thiophene rings is 2. The van der Waals surface area contributed by atoms with Gasteiger partial charge >= 0.3 is 0 Å². The first-order chi connectivity index (χ1) is 11.8. The molecule has 0 saturated carbocycles.